The van der Waals surface area contributed by atoms with Crippen LogP contribution in [0.5, 0.6) is 0 Å². The number of carbonyl (C=O) groups excluding carboxylic acids is 1. The van der Waals surface area contributed by atoms with Crippen LogP contribution < -0.4 is 5.32 Å². The molecule has 0 atom stereocenters. The van der Waals surface area contributed by atoms with Gasteiger partial charge in [-0.1, -0.05) is 28.1 Å². The number of anilines is 1. The van der Waals surface area contributed by atoms with E-state index < -0.39 is 0 Å². The Morgan fingerprint density at radius 3 is 2.59 bits per heavy atom. The van der Waals surface area contributed by atoms with E-state index in [-0.39, 0.29) is 5.91 Å². The molecular formula is C12H9BrINOS. The largest absolute Gasteiger partial charge is 0.322 e. The van der Waals surface area contributed by atoms with E-state index in [1.165, 1.54) is 5.56 Å². The van der Waals surface area contributed by atoms with Crippen molar-refractivity contribution in [3.8, 4) is 0 Å². The second kappa shape index (κ2) is 5.97. The highest BCUT2D eigenvalue weighted by atomic mass is 127. The van der Waals surface area contributed by atoms with E-state index in [2.05, 4.69) is 43.8 Å². The van der Waals surface area contributed by atoms with Crippen LogP contribution >= 0.6 is 49.9 Å². The van der Waals surface area contributed by atoms with Crippen molar-refractivity contribution in [2.75, 3.05) is 5.32 Å². The molecule has 0 aliphatic rings. The number of alkyl halides is 1. The first-order valence-electron chi connectivity index (χ1n) is 4.89. The number of thiophene rings is 1. The SMILES string of the molecule is O=C(Nc1ccc(CBr)cc1)c1csc(I)c1. The first-order valence-corrected chi connectivity index (χ1v) is 7.97. The average molecular weight is 422 g/mol. The molecule has 1 aromatic heterocycles. The summed E-state index contributed by atoms with van der Waals surface area (Å²) < 4.78 is 1.11. The Hall–Kier alpha value is -0.400. The van der Waals surface area contributed by atoms with Gasteiger partial charge in [0.15, 0.2) is 0 Å². The number of amides is 1. The molecule has 0 fully saturated rings. The third-order valence-corrected chi connectivity index (χ3v) is 4.63. The minimum Gasteiger partial charge on any atom is -0.322 e. The number of nitrogens with one attached hydrogen (secondary N) is 1. The number of rotatable bonds is 3. The van der Waals surface area contributed by atoms with Crippen molar-refractivity contribution in [3.63, 3.8) is 0 Å². The zero-order valence-electron chi connectivity index (χ0n) is 8.74. The fourth-order valence-electron chi connectivity index (χ4n) is 1.31. The molecule has 1 N–H and O–H groups in total. The summed E-state index contributed by atoms with van der Waals surface area (Å²) in [5.41, 5.74) is 2.72. The summed E-state index contributed by atoms with van der Waals surface area (Å²) in [5, 5.41) is 5.56. The number of hydrogen-bond donors (Lipinski definition) is 1. The molecule has 2 aromatic rings. The summed E-state index contributed by atoms with van der Waals surface area (Å²) in [6.07, 6.45) is 0. The molecule has 1 amide bonds. The molecule has 17 heavy (non-hydrogen) atoms. The predicted molar refractivity (Wildman–Crippen MR) is 84.1 cm³/mol. The molecule has 2 rings (SSSR count). The van der Waals surface area contributed by atoms with Crippen molar-refractivity contribution in [2.45, 2.75) is 5.33 Å². The molecule has 0 unspecified atom stereocenters. The van der Waals surface area contributed by atoms with Gasteiger partial charge in [-0.05, 0) is 46.4 Å². The summed E-state index contributed by atoms with van der Waals surface area (Å²) in [5.74, 6) is -0.0595. The summed E-state index contributed by atoms with van der Waals surface area (Å²) in [4.78, 5) is 11.9. The van der Waals surface area contributed by atoms with Crippen LogP contribution in [0.3, 0.4) is 0 Å². The maximum absolute atomic E-state index is 11.9. The minimum absolute atomic E-state index is 0.0595. The topological polar surface area (TPSA) is 29.1 Å². The van der Waals surface area contributed by atoms with Gasteiger partial charge in [-0.3, -0.25) is 4.79 Å². The van der Waals surface area contributed by atoms with Crippen LogP contribution in [0.25, 0.3) is 0 Å². The molecular weight excluding hydrogens is 413 g/mol. The lowest BCUT2D eigenvalue weighted by Crippen LogP contribution is -2.10. The molecule has 0 spiro atoms. The first kappa shape index (κ1) is 13.0. The van der Waals surface area contributed by atoms with Crippen molar-refractivity contribution in [1.29, 1.82) is 0 Å². The molecule has 1 aromatic carbocycles. The minimum atomic E-state index is -0.0595. The predicted octanol–water partition coefficient (Wildman–Crippen LogP) is 4.50. The van der Waals surface area contributed by atoms with Gasteiger partial charge < -0.3 is 5.32 Å². The van der Waals surface area contributed by atoms with E-state index in [9.17, 15) is 4.79 Å². The number of halogens is 2. The number of carbonyl (C=O) groups is 1. The van der Waals surface area contributed by atoms with Crippen LogP contribution in [0.1, 0.15) is 15.9 Å². The summed E-state index contributed by atoms with van der Waals surface area (Å²) in [7, 11) is 0. The van der Waals surface area contributed by atoms with Crippen LogP contribution in [0, 0.1) is 2.88 Å². The van der Waals surface area contributed by atoms with Crippen molar-refractivity contribution in [2.24, 2.45) is 0 Å². The number of hydrogen-bond acceptors (Lipinski definition) is 2. The highest BCUT2D eigenvalue weighted by Gasteiger charge is 2.07. The van der Waals surface area contributed by atoms with E-state index in [0.717, 1.165) is 13.9 Å². The fourth-order valence-corrected chi connectivity index (χ4v) is 3.01. The van der Waals surface area contributed by atoms with Gasteiger partial charge >= 0.3 is 0 Å². The van der Waals surface area contributed by atoms with E-state index in [4.69, 9.17) is 0 Å². The standard InChI is InChI=1S/C12H9BrINOS/c13-6-8-1-3-10(4-2-8)15-12(16)9-5-11(14)17-7-9/h1-5,7H,6H2,(H,15,16). The van der Waals surface area contributed by atoms with Crippen molar-refractivity contribution >= 4 is 61.5 Å². The zero-order chi connectivity index (χ0) is 12.3. The van der Waals surface area contributed by atoms with E-state index >= 15 is 0 Å². The van der Waals surface area contributed by atoms with Gasteiger partial charge in [0.1, 0.15) is 0 Å². The molecule has 0 radical (unpaired) electrons. The van der Waals surface area contributed by atoms with Crippen molar-refractivity contribution in [1.82, 2.24) is 0 Å². The Morgan fingerprint density at radius 1 is 1.35 bits per heavy atom. The smallest absolute Gasteiger partial charge is 0.256 e. The lowest BCUT2D eigenvalue weighted by atomic mass is 10.2. The Kier molecular flexibility index (Phi) is 4.58. The third-order valence-electron chi connectivity index (χ3n) is 2.20. The Balaban J connectivity index is 2.07. The highest BCUT2D eigenvalue weighted by Crippen LogP contribution is 2.18. The second-order valence-corrected chi connectivity index (χ2v) is 6.79. The Morgan fingerprint density at radius 2 is 2.06 bits per heavy atom. The average Bonchev–Trinajstić information content (AvgIpc) is 2.77. The van der Waals surface area contributed by atoms with Crippen LogP contribution in [0.4, 0.5) is 5.69 Å². The lowest BCUT2D eigenvalue weighted by Gasteiger charge is -2.04. The first-order chi connectivity index (χ1) is 8.19. The molecule has 0 saturated heterocycles. The quantitative estimate of drug-likeness (QED) is 0.573. The monoisotopic (exact) mass is 421 g/mol. The van der Waals surface area contributed by atoms with Gasteiger partial charge in [-0.25, -0.2) is 0 Å². The van der Waals surface area contributed by atoms with Gasteiger partial charge in [-0.2, -0.15) is 0 Å². The van der Waals surface area contributed by atoms with E-state index in [1.54, 1.807) is 11.3 Å². The molecule has 0 aliphatic heterocycles. The van der Waals surface area contributed by atoms with Crippen molar-refractivity contribution < 1.29 is 4.79 Å². The van der Waals surface area contributed by atoms with Gasteiger partial charge in [0.05, 0.1) is 8.45 Å². The highest BCUT2D eigenvalue weighted by molar-refractivity contribution is 14.1. The summed E-state index contributed by atoms with van der Waals surface area (Å²) in [6, 6.07) is 9.68. The third kappa shape index (κ3) is 3.53. The van der Waals surface area contributed by atoms with Crippen LogP contribution in [-0.2, 0) is 5.33 Å². The zero-order valence-corrected chi connectivity index (χ0v) is 13.3. The maximum atomic E-state index is 11.9. The molecule has 2 nitrogen and oxygen atoms in total. The Bertz CT molecular complexity index is 524. The lowest BCUT2D eigenvalue weighted by molar-refractivity contribution is 0.102. The van der Waals surface area contributed by atoms with Gasteiger partial charge in [0, 0.05) is 16.4 Å². The Labute approximate surface area is 126 Å². The summed E-state index contributed by atoms with van der Waals surface area (Å²) in [6.45, 7) is 0. The van der Waals surface area contributed by atoms with Crippen LogP contribution in [-0.4, -0.2) is 5.91 Å². The molecule has 88 valence electrons. The van der Waals surface area contributed by atoms with Gasteiger partial charge in [0.2, 0.25) is 0 Å². The van der Waals surface area contributed by atoms with Crippen LogP contribution in [0.15, 0.2) is 35.7 Å². The number of benzene rings is 1. The molecule has 0 saturated carbocycles. The fraction of sp³-hybridized carbons (Fsp3) is 0.0833. The van der Waals surface area contributed by atoms with Crippen LogP contribution in [0.2, 0.25) is 0 Å². The molecule has 0 aliphatic carbocycles. The summed E-state index contributed by atoms with van der Waals surface area (Å²) >= 11 is 7.16. The molecule has 5 heteroatoms. The van der Waals surface area contributed by atoms with Crippen molar-refractivity contribution in [3.05, 3.63) is 49.7 Å². The van der Waals surface area contributed by atoms with E-state index in [0.29, 0.717) is 5.56 Å². The molecule has 1 heterocycles. The second-order valence-electron chi connectivity index (χ2n) is 3.42. The maximum Gasteiger partial charge on any atom is 0.256 e. The normalized spacial score (nSPS) is 10.2. The van der Waals surface area contributed by atoms with Gasteiger partial charge in [-0.15, -0.1) is 11.3 Å². The van der Waals surface area contributed by atoms with Gasteiger partial charge in [0.25, 0.3) is 5.91 Å². The van der Waals surface area contributed by atoms with E-state index in [1.807, 2.05) is 35.7 Å². The molecule has 0 bridgehead atoms.